The molecule has 0 amide bonds. The van der Waals surface area contributed by atoms with Crippen LogP contribution in [0.3, 0.4) is 0 Å². The Morgan fingerprint density at radius 2 is 1.73 bits per heavy atom. The Kier molecular flexibility index (Phi) is 7.83. The van der Waals surface area contributed by atoms with E-state index < -0.39 is 15.4 Å². The Morgan fingerprint density at radius 1 is 1.02 bits per heavy atom. The molecule has 40 heavy (non-hydrogen) atoms. The maximum Gasteiger partial charge on any atom is 0.316 e. The molecule has 1 aliphatic heterocycles. The highest BCUT2D eigenvalue weighted by molar-refractivity contribution is 9.10. The van der Waals surface area contributed by atoms with E-state index in [0.717, 1.165) is 5.56 Å². The summed E-state index contributed by atoms with van der Waals surface area (Å²) in [6.07, 6.45) is 3.11. The number of aliphatic hydroxyl groups excluding tert-OH is 1. The van der Waals surface area contributed by atoms with Crippen molar-refractivity contribution in [3.05, 3.63) is 64.9 Å². The van der Waals surface area contributed by atoms with Crippen molar-refractivity contribution in [1.82, 2.24) is 15.1 Å². The topological polar surface area (TPSA) is 155 Å². The third-order valence-corrected chi connectivity index (χ3v) is 7.80. The third kappa shape index (κ3) is 5.98. The number of rotatable bonds is 11. The summed E-state index contributed by atoms with van der Waals surface area (Å²) in [6, 6.07) is 11.5. The third-order valence-electron chi connectivity index (χ3n) is 6.04. The summed E-state index contributed by atoms with van der Waals surface area (Å²) >= 11 is 3.26. The number of hydrogen-bond donors (Lipinski definition) is 2. The van der Waals surface area contributed by atoms with Crippen LogP contribution in [0.25, 0.3) is 11.1 Å². The average Bonchev–Trinajstić information content (AvgIpc) is 3.58. The molecule has 2 aromatic carbocycles. The maximum atomic E-state index is 13.3. The van der Waals surface area contributed by atoms with E-state index in [1.165, 1.54) is 12.1 Å². The number of nitrogens with zero attached hydrogens (tertiary/aromatic N) is 3. The highest BCUT2D eigenvalue weighted by Crippen LogP contribution is 2.42. The summed E-state index contributed by atoms with van der Waals surface area (Å²) < 4.78 is 57.3. The monoisotopic (exact) mass is 632 g/mol. The Hall–Kier alpha value is -3.88. The van der Waals surface area contributed by atoms with Gasteiger partial charge in [-0.25, -0.2) is 23.1 Å². The lowest BCUT2D eigenvalue weighted by Crippen LogP contribution is -2.22. The lowest BCUT2D eigenvalue weighted by Gasteiger charge is -2.22. The molecular formula is C26H25BrN4O8S. The van der Waals surface area contributed by atoms with E-state index in [9.17, 15) is 13.5 Å². The molecule has 4 aromatic rings. The molecule has 0 unspecified atom stereocenters. The van der Waals surface area contributed by atoms with Crippen LogP contribution in [-0.2, 0) is 15.4 Å². The SMILES string of the molecule is CC(C)(CO)c1ccc(S(=O)(=O)Nc2onc(OCCOc3ncc(Br)cn3)c2-c2ccc3c(c2)OCO3)cc1. The van der Waals surface area contributed by atoms with Gasteiger partial charge in [0.2, 0.25) is 12.7 Å². The first-order chi connectivity index (χ1) is 19.2. The number of fused-ring (bicyclic) bond motifs is 1. The minimum absolute atomic E-state index is 0.00314. The number of anilines is 1. The van der Waals surface area contributed by atoms with E-state index in [4.69, 9.17) is 23.5 Å². The number of nitrogens with one attached hydrogen (secondary N) is 1. The summed E-state index contributed by atoms with van der Waals surface area (Å²) in [4.78, 5) is 8.07. The van der Waals surface area contributed by atoms with E-state index in [1.807, 2.05) is 13.8 Å². The minimum Gasteiger partial charge on any atom is -0.471 e. The van der Waals surface area contributed by atoms with Crippen molar-refractivity contribution in [2.75, 3.05) is 31.3 Å². The molecule has 0 atom stereocenters. The van der Waals surface area contributed by atoms with Crippen LogP contribution < -0.4 is 23.7 Å². The molecule has 3 heterocycles. The number of benzene rings is 2. The van der Waals surface area contributed by atoms with Crippen LogP contribution in [0.4, 0.5) is 5.88 Å². The minimum atomic E-state index is -4.08. The van der Waals surface area contributed by atoms with Gasteiger partial charge in [-0.2, -0.15) is 0 Å². The molecule has 0 radical (unpaired) electrons. The van der Waals surface area contributed by atoms with Gasteiger partial charge in [-0.3, -0.25) is 0 Å². The molecule has 0 saturated carbocycles. The number of hydrogen-bond acceptors (Lipinski definition) is 11. The number of aliphatic hydroxyl groups is 1. The fourth-order valence-corrected chi connectivity index (χ4v) is 4.95. The quantitative estimate of drug-likeness (QED) is 0.229. The Morgan fingerprint density at radius 3 is 2.45 bits per heavy atom. The molecule has 5 rings (SSSR count). The van der Waals surface area contributed by atoms with Gasteiger partial charge < -0.3 is 28.6 Å². The highest BCUT2D eigenvalue weighted by Gasteiger charge is 2.27. The number of sulfonamides is 1. The fourth-order valence-electron chi connectivity index (χ4n) is 3.75. The largest absolute Gasteiger partial charge is 0.471 e. The van der Waals surface area contributed by atoms with Crippen LogP contribution in [0.2, 0.25) is 0 Å². The van der Waals surface area contributed by atoms with Crippen molar-refractivity contribution in [2.24, 2.45) is 0 Å². The van der Waals surface area contributed by atoms with Crippen molar-refractivity contribution in [3.8, 4) is 34.5 Å². The van der Waals surface area contributed by atoms with Crippen LogP contribution >= 0.6 is 15.9 Å². The van der Waals surface area contributed by atoms with Crippen molar-refractivity contribution in [1.29, 1.82) is 0 Å². The summed E-state index contributed by atoms with van der Waals surface area (Å²) in [5.74, 6) is 0.928. The fraction of sp³-hybridized carbons (Fsp3) is 0.269. The normalized spacial score (nSPS) is 12.8. The van der Waals surface area contributed by atoms with E-state index in [-0.39, 0.29) is 54.8 Å². The molecule has 0 fully saturated rings. The maximum absolute atomic E-state index is 13.3. The molecule has 14 heteroatoms. The van der Waals surface area contributed by atoms with Crippen molar-refractivity contribution < 1.29 is 37.0 Å². The lowest BCUT2D eigenvalue weighted by molar-refractivity contribution is 0.174. The van der Waals surface area contributed by atoms with Crippen LogP contribution in [0.1, 0.15) is 19.4 Å². The summed E-state index contributed by atoms with van der Waals surface area (Å²) in [6.45, 7) is 3.84. The summed E-state index contributed by atoms with van der Waals surface area (Å²) in [5.41, 5.74) is 1.06. The van der Waals surface area contributed by atoms with Crippen LogP contribution in [-0.4, -0.2) is 55.3 Å². The first kappa shape index (κ1) is 27.7. The molecular weight excluding hydrogens is 608 g/mol. The Balaban J connectivity index is 1.39. The van der Waals surface area contributed by atoms with Gasteiger partial charge in [0, 0.05) is 17.8 Å². The molecule has 0 bridgehead atoms. The second-order valence-electron chi connectivity index (χ2n) is 9.31. The molecule has 0 saturated heterocycles. The second-order valence-corrected chi connectivity index (χ2v) is 11.9. The van der Waals surface area contributed by atoms with Gasteiger partial charge in [-0.1, -0.05) is 32.0 Å². The summed E-state index contributed by atoms with van der Waals surface area (Å²) in [7, 11) is -4.08. The summed E-state index contributed by atoms with van der Waals surface area (Å²) in [5, 5.41) is 13.6. The molecule has 0 aliphatic carbocycles. The van der Waals surface area contributed by atoms with Gasteiger partial charge in [-0.05, 0) is 56.5 Å². The first-order valence-corrected chi connectivity index (χ1v) is 14.3. The Bertz CT molecular complexity index is 1590. The van der Waals surface area contributed by atoms with Crippen LogP contribution in [0.5, 0.6) is 23.4 Å². The van der Waals surface area contributed by atoms with Crippen LogP contribution in [0, 0.1) is 0 Å². The highest BCUT2D eigenvalue weighted by atomic mass is 79.9. The van der Waals surface area contributed by atoms with E-state index in [1.54, 1.807) is 42.7 Å². The molecule has 2 N–H and O–H groups in total. The number of ether oxygens (including phenoxy) is 4. The number of aromatic nitrogens is 3. The van der Waals surface area contributed by atoms with Gasteiger partial charge in [0.1, 0.15) is 18.8 Å². The molecule has 2 aromatic heterocycles. The van der Waals surface area contributed by atoms with Gasteiger partial charge >= 0.3 is 6.01 Å². The standard InChI is InChI=1S/C26H25BrN4O8S/c1-26(2,14-32)17-4-6-19(7-5-17)40(33,34)31-24-22(16-3-8-20-21(11-16)38-15-37-20)23(30-39-24)35-9-10-36-25-28-12-18(27)13-29-25/h3-8,11-13,31-32H,9-10,14-15H2,1-2H3. The van der Waals surface area contributed by atoms with Gasteiger partial charge in [0.25, 0.3) is 15.9 Å². The first-order valence-electron chi connectivity index (χ1n) is 12.0. The zero-order valence-corrected chi connectivity index (χ0v) is 23.9. The van der Waals surface area contributed by atoms with Crippen LogP contribution in [0.15, 0.2) is 68.7 Å². The van der Waals surface area contributed by atoms with Gasteiger partial charge in [-0.15, -0.1) is 0 Å². The van der Waals surface area contributed by atoms with E-state index in [0.29, 0.717) is 21.5 Å². The molecule has 0 spiro atoms. The van der Waals surface area contributed by atoms with Gasteiger partial charge in [0.15, 0.2) is 11.5 Å². The van der Waals surface area contributed by atoms with Crippen molar-refractivity contribution in [3.63, 3.8) is 0 Å². The number of halogens is 1. The Labute approximate surface area is 238 Å². The zero-order valence-electron chi connectivity index (χ0n) is 21.5. The lowest BCUT2D eigenvalue weighted by atomic mass is 9.86. The van der Waals surface area contributed by atoms with Gasteiger partial charge in [0.05, 0.1) is 16.0 Å². The van der Waals surface area contributed by atoms with E-state index in [2.05, 4.69) is 35.8 Å². The predicted octanol–water partition coefficient (Wildman–Crippen LogP) is 4.15. The smallest absolute Gasteiger partial charge is 0.316 e. The zero-order chi connectivity index (χ0) is 28.3. The average molecular weight is 633 g/mol. The molecule has 12 nitrogen and oxygen atoms in total. The molecule has 210 valence electrons. The van der Waals surface area contributed by atoms with E-state index >= 15 is 0 Å². The molecule has 1 aliphatic rings. The second kappa shape index (κ2) is 11.3. The van der Waals surface area contributed by atoms with Crippen molar-refractivity contribution >= 4 is 31.8 Å². The van der Waals surface area contributed by atoms with Crippen molar-refractivity contribution in [2.45, 2.75) is 24.2 Å². The predicted molar refractivity (Wildman–Crippen MR) is 146 cm³/mol.